The van der Waals surface area contributed by atoms with Gasteiger partial charge in [0.25, 0.3) is 0 Å². The Labute approximate surface area is 106 Å². The molecule has 4 heteroatoms. The lowest BCUT2D eigenvalue weighted by atomic mass is 9.68. The van der Waals surface area contributed by atoms with Crippen LogP contribution in [0.25, 0.3) is 0 Å². The Bertz CT molecular complexity index is 358. The maximum atomic E-state index is 5.94. The summed E-state index contributed by atoms with van der Waals surface area (Å²) in [6.07, 6.45) is 2.44. The lowest BCUT2D eigenvalue weighted by Gasteiger charge is -2.52. The molecule has 0 amide bonds. The van der Waals surface area contributed by atoms with Crippen LogP contribution in [0.5, 0.6) is 0 Å². The summed E-state index contributed by atoms with van der Waals surface area (Å²) in [6, 6.07) is 4.07. The van der Waals surface area contributed by atoms with Crippen LogP contribution in [0.3, 0.4) is 0 Å². The summed E-state index contributed by atoms with van der Waals surface area (Å²) in [5, 5.41) is 0. The first kappa shape index (κ1) is 12.4. The molecule has 16 heavy (non-hydrogen) atoms. The Morgan fingerprint density at radius 1 is 1.56 bits per heavy atom. The van der Waals surface area contributed by atoms with Gasteiger partial charge in [-0.05, 0) is 37.9 Å². The molecule has 0 aliphatic heterocycles. The van der Waals surface area contributed by atoms with Crippen molar-refractivity contribution in [2.24, 2.45) is 11.7 Å². The zero-order chi connectivity index (χ0) is 11.8. The normalized spacial score (nSPS) is 29.4. The number of likely N-dealkylation sites (N-methyl/N-ethyl adjacent to an activating group) is 1. The molecule has 0 aromatic carbocycles. The van der Waals surface area contributed by atoms with Crippen LogP contribution in [0, 0.1) is 5.92 Å². The van der Waals surface area contributed by atoms with E-state index in [2.05, 4.69) is 24.9 Å². The van der Waals surface area contributed by atoms with Crippen LogP contribution < -0.4 is 5.73 Å². The quantitative estimate of drug-likeness (QED) is 0.900. The summed E-state index contributed by atoms with van der Waals surface area (Å²) < 4.78 is 0.868. The highest BCUT2D eigenvalue weighted by Crippen LogP contribution is 2.41. The summed E-state index contributed by atoms with van der Waals surface area (Å²) >= 11 is 7.60. The van der Waals surface area contributed by atoms with Crippen molar-refractivity contribution in [1.82, 2.24) is 4.90 Å². The molecule has 1 aliphatic rings. The first-order valence-corrected chi connectivity index (χ1v) is 6.91. The molecule has 1 aliphatic carbocycles. The lowest BCUT2D eigenvalue weighted by molar-refractivity contribution is 0.000898. The summed E-state index contributed by atoms with van der Waals surface area (Å²) in [5.41, 5.74) is 6.16. The second-order valence-corrected chi connectivity index (χ2v) is 6.80. The third kappa shape index (κ3) is 2.28. The molecule has 2 rings (SSSR count). The molecule has 0 saturated heterocycles. The minimum atomic E-state index is 0.232. The number of nitrogens with two attached hydrogens (primary N) is 1. The van der Waals surface area contributed by atoms with Gasteiger partial charge in [-0.25, -0.2) is 0 Å². The van der Waals surface area contributed by atoms with E-state index in [0.717, 1.165) is 23.3 Å². The zero-order valence-electron chi connectivity index (χ0n) is 9.87. The Morgan fingerprint density at radius 2 is 2.25 bits per heavy atom. The predicted octanol–water partition coefficient (Wildman–Crippen LogP) is 2.96. The van der Waals surface area contributed by atoms with Crippen LogP contribution in [-0.4, -0.2) is 24.0 Å². The molecule has 2 nitrogen and oxygen atoms in total. The van der Waals surface area contributed by atoms with E-state index in [1.807, 2.05) is 6.07 Å². The second kappa shape index (κ2) is 4.65. The Morgan fingerprint density at radius 3 is 2.69 bits per heavy atom. The summed E-state index contributed by atoms with van der Waals surface area (Å²) in [4.78, 5) is 3.72. The molecule has 0 bridgehead atoms. The summed E-state index contributed by atoms with van der Waals surface area (Å²) in [6.45, 7) is 4.01. The molecule has 1 heterocycles. The third-order valence-corrected chi connectivity index (χ3v) is 4.88. The minimum absolute atomic E-state index is 0.232. The van der Waals surface area contributed by atoms with Crippen LogP contribution in [0.2, 0.25) is 4.34 Å². The molecule has 0 spiro atoms. The number of halogens is 1. The second-order valence-electron chi connectivity index (χ2n) is 5.00. The van der Waals surface area contributed by atoms with E-state index in [1.165, 1.54) is 17.7 Å². The molecule has 2 N–H and O–H groups in total. The van der Waals surface area contributed by atoms with Gasteiger partial charge in [0.05, 0.1) is 4.34 Å². The molecular weight excluding hydrogens is 240 g/mol. The average Bonchev–Trinajstić information content (AvgIpc) is 2.58. The van der Waals surface area contributed by atoms with Crippen molar-refractivity contribution < 1.29 is 0 Å². The fourth-order valence-electron chi connectivity index (χ4n) is 2.71. The van der Waals surface area contributed by atoms with E-state index < -0.39 is 0 Å². The number of nitrogens with zero attached hydrogens (tertiary/aromatic N) is 1. The Kier molecular flexibility index (Phi) is 3.59. The monoisotopic (exact) mass is 258 g/mol. The van der Waals surface area contributed by atoms with Gasteiger partial charge in [0.2, 0.25) is 0 Å². The van der Waals surface area contributed by atoms with Crippen molar-refractivity contribution in [3.8, 4) is 0 Å². The predicted molar refractivity (Wildman–Crippen MR) is 71.0 cm³/mol. The van der Waals surface area contributed by atoms with Crippen LogP contribution in [0.1, 0.15) is 24.6 Å². The van der Waals surface area contributed by atoms with Crippen molar-refractivity contribution in [1.29, 1.82) is 0 Å². The zero-order valence-corrected chi connectivity index (χ0v) is 11.4. The van der Waals surface area contributed by atoms with E-state index in [4.69, 9.17) is 17.3 Å². The minimum Gasteiger partial charge on any atom is -0.329 e. The fraction of sp³-hybridized carbons (Fsp3) is 0.667. The van der Waals surface area contributed by atoms with Crippen molar-refractivity contribution in [3.63, 3.8) is 0 Å². The number of thiophene rings is 1. The van der Waals surface area contributed by atoms with Gasteiger partial charge in [-0.2, -0.15) is 0 Å². The Balaban J connectivity index is 1.99. The van der Waals surface area contributed by atoms with Crippen LogP contribution in [0.15, 0.2) is 12.1 Å². The van der Waals surface area contributed by atoms with Gasteiger partial charge in [0.1, 0.15) is 0 Å². The SMILES string of the molecule is CC1CC(CN)(N(C)Cc2ccc(Cl)s2)C1. The molecular formula is C12H19ClN2S. The molecule has 1 aromatic heterocycles. The van der Waals surface area contributed by atoms with Crippen LogP contribution >= 0.6 is 22.9 Å². The van der Waals surface area contributed by atoms with Crippen molar-refractivity contribution >= 4 is 22.9 Å². The summed E-state index contributed by atoms with van der Waals surface area (Å²) in [5.74, 6) is 0.818. The van der Waals surface area contributed by atoms with E-state index in [0.29, 0.717) is 0 Å². The lowest BCUT2D eigenvalue weighted by Crippen LogP contribution is -2.59. The summed E-state index contributed by atoms with van der Waals surface area (Å²) in [7, 11) is 2.17. The standard InChI is InChI=1S/C12H19ClN2S/c1-9-5-12(6-9,8-14)15(2)7-10-3-4-11(13)16-10/h3-4,9H,5-8,14H2,1-2H3. The van der Waals surface area contributed by atoms with Gasteiger partial charge in [0, 0.05) is 23.5 Å². The molecule has 0 unspecified atom stereocenters. The first-order chi connectivity index (χ1) is 7.55. The van der Waals surface area contributed by atoms with Gasteiger partial charge in [-0.15, -0.1) is 11.3 Å². The maximum absolute atomic E-state index is 5.94. The number of hydrogen-bond acceptors (Lipinski definition) is 3. The Hall–Kier alpha value is -0.0900. The number of hydrogen-bond donors (Lipinski definition) is 1. The molecule has 0 radical (unpaired) electrons. The van der Waals surface area contributed by atoms with Gasteiger partial charge in [0.15, 0.2) is 0 Å². The topological polar surface area (TPSA) is 29.3 Å². The molecule has 1 fully saturated rings. The third-order valence-electron chi connectivity index (χ3n) is 3.67. The first-order valence-electron chi connectivity index (χ1n) is 5.71. The van der Waals surface area contributed by atoms with Crippen molar-refractivity contribution in [2.75, 3.05) is 13.6 Å². The molecule has 0 atom stereocenters. The largest absolute Gasteiger partial charge is 0.329 e. The molecule has 90 valence electrons. The molecule has 1 aromatic rings. The van der Waals surface area contributed by atoms with E-state index in [9.17, 15) is 0 Å². The highest BCUT2D eigenvalue weighted by atomic mass is 35.5. The smallest absolute Gasteiger partial charge is 0.0931 e. The van der Waals surface area contributed by atoms with E-state index >= 15 is 0 Å². The van der Waals surface area contributed by atoms with Crippen molar-refractivity contribution in [3.05, 3.63) is 21.3 Å². The number of rotatable bonds is 4. The van der Waals surface area contributed by atoms with Crippen LogP contribution in [-0.2, 0) is 6.54 Å². The maximum Gasteiger partial charge on any atom is 0.0931 e. The fourth-order valence-corrected chi connectivity index (χ4v) is 3.85. The van der Waals surface area contributed by atoms with Gasteiger partial charge < -0.3 is 5.73 Å². The van der Waals surface area contributed by atoms with Crippen LogP contribution in [0.4, 0.5) is 0 Å². The average molecular weight is 259 g/mol. The van der Waals surface area contributed by atoms with E-state index in [1.54, 1.807) is 11.3 Å². The van der Waals surface area contributed by atoms with Gasteiger partial charge in [-0.1, -0.05) is 18.5 Å². The van der Waals surface area contributed by atoms with E-state index in [-0.39, 0.29) is 5.54 Å². The highest BCUT2D eigenvalue weighted by molar-refractivity contribution is 7.16. The van der Waals surface area contributed by atoms with Gasteiger partial charge >= 0.3 is 0 Å². The highest BCUT2D eigenvalue weighted by Gasteiger charge is 2.43. The van der Waals surface area contributed by atoms with Crippen molar-refractivity contribution in [2.45, 2.75) is 31.8 Å². The molecule has 1 saturated carbocycles. The van der Waals surface area contributed by atoms with Gasteiger partial charge in [-0.3, -0.25) is 4.90 Å².